The first kappa shape index (κ1) is 12.0. The van der Waals surface area contributed by atoms with E-state index in [1.165, 1.54) is 18.3 Å². The Labute approximate surface area is 96.2 Å². The Morgan fingerprint density at radius 2 is 2.33 bits per heavy atom. The summed E-state index contributed by atoms with van der Waals surface area (Å²) in [5.41, 5.74) is 0.261. The van der Waals surface area contributed by atoms with Crippen molar-refractivity contribution in [3.05, 3.63) is 34.2 Å². The minimum atomic E-state index is -0.208. The van der Waals surface area contributed by atoms with Crippen molar-refractivity contribution in [3.8, 4) is 0 Å². The summed E-state index contributed by atoms with van der Waals surface area (Å²) in [4.78, 5) is 24.7. The third kappa shape index (κ3) is 3.87. The molecule has 5 heteroatoms. The van der Waals surface area contributed by atoms with Gasteiger partial charge in [0.05, 0.1) is 5.56 Å². The molecule has 4 nitrogen and oxygen atoms in total. The Morgan fingerprint density at radius 1 is 1.60 bits per heavy atom. The molecule has 0 aliphatic rings. The number of carbonyl (C=O) groups excluding carboxylic acids is 1. The molecular weight excluding hydrogens is 260 g/mol. The molecule has 1 atom stereocenters. The molecule has 0 bridgehead atoms. The van der Waals surface area contributed by atoms with Crippen molar-refractivity contribution in [2.24, 2.45) is 5.92 Å². The SMILES string of the molecule is CC(CBr)CNC(=O)c1ccc(=O)[nH]c1. The number of hydrogen-bond donors (Lipinski definition) is 2. The third-order valence-electron chi connectivity index (χ3n) is 1.92. The maximum Gasteiger partial charge on any atom is 0.252 e. The van der Waals surface area contributed by atoms with Crippen LogP contribution < -0.4 is 10.9 Å². The van der Waals surface area contributed by atoms with E-state index in [0.717, 1.165) is 5.33 Å². The van der Waals surface area contributed by atoms with Crippen molar-refractivity contribution in [1.29, 1.82) is 0 Å². The van der Waals surface area contributed by atoms with Crippen LogP contribution in [0, 0.1) is 5.92 Å². The number of nitrogens with one attached hydrogen (secondary N) is 2. The van der Waals surface area contributed by atoms with Crippen LogP contribution in [0.15, 0.2) is 23.1 Å². The Kier molecular flexibility index (Phi) is 4.55. The summed E-state index contributed by atoms with van der Waals surface area (Å²) in [6, 6.07) is 2.84. The highest BCUT2D eigenvalue weighted by Crippen LogP contribution is 1.99. The van der Waals surface area contributed by atoms with Gasteiger partial charge < -0.3 is 10.3 Å². The van der Waals surface area contributed by atoms with Gasteiger partial charge in [-0.3, -0.25) is 9.59 Å². The van der Waals surface area contributed by atoms with Crippen LogP contribution >= 0.6 is 15.9 Å². The first-order valence-electron chi connectivity index (χ1n) is 4.66. The second kappa shape index (κ2) is 5.70. The molecule has 0 saturated heterocycles. The molecule has 1 aromatic heterocycles. The largest absolute Gasteiger partial charge is 0.352 e. The molecule has 0 spiro atoms. The van der Waals surface area contributed by atoms with E-state index in [-0.39, 0.29) is 11.5 Å². The topological polar surface area (TPSA) is 62.0 Å². The molecule has 0 aliphatic heterocycles. The zero-order valence-electron chi connectivity index (χ0n) is 8.42. The van der Waals surface area contributed by atoms with Crippen molar-refractivity contribution >= 4 is 21.8 Å². The molecular formula is C10H13BrN2O2. The van der Waals surface area contributed by atoms with E-state index in [1.807, 2.05) is 6.92 Å². The van der Waals surface area contributed by atoms with Crippen molar-refractivity contribution in [2.75, 3.05) is 11.9 Å². The van der Waals surface area contributed by atoms with Gasteiger partial charge in [-0.15, -0.1) is 0 Å². The molecule has 1 amide bonds. The summed E-state index contributed by atoms with van der Waals surface area (Å²) >= 11 is 3.33. The monoisotopic (exact) mass is 272 g/mol. The van der Waals surface area contributed by atoms with Crippen LogP contribution in [0.4, 0.5) is 0 Å². The van der Waals surface area contributed by atoms with Crippen LogP contribution in [0.1, 0.15) is 17.3 Å². The van der Waals surface area contributed by atoms with Gasteiger partial charge in [0.15, 0.2) is 0 Å². The van der Waals surface area contributed by atoms with E-state index in [2.05, 4.69) is 26.2 Å². The predicted octanol–water partition coefficient (Wildman–Crippen LogP) is 1.14. The van der Waals surface area contributed by atoms with Crippen LogP contribution in [-0.2, 0) is 0 Å². The van der Waals surface area contributed by atoms with Gasteiger partial charge in [0.1, 0.15) is 0 Å². The number of hydrogen-bond acceptors (Lipinski definition) is 2. The second-order valence-electron chi connectivity index (χ2n) is 3.41. The lowest BCUT2D eigenvalue weighted by Gasteiger charge is -2.08. The van der Waals surface area contributed by atoms with E-state index in [4.69, 9.17) is 0 Å². The lowest BCUT2D eigenvalue weighted by Crippen LogP contribution is -2.29. The summed E-state index contributed by atoms with van der Waals surface area (Å²) in [5.74, 6) is 0.218. The number of halogens is 1. The highest BCUT2D eigenvalue weighted by Gasteiger charge is 2.06. The molecule has 1 unspecified atom stereocenters. The summed E-state index contributed by atoms with van der Waals surface area (Å²) in [5, 5.41) is 3.62. The molecule has 0 radical (unpaired) electrons. The van der Waals surface area contributed by atoms with E-state index < -0.39 is 0 Å². The van der Waals surface area contributed by atoms with Crippen molar-refractivity contribution < 1.29 is 4.79 Å². The normalized spacial score (nSPS) is 12.1. The van der Waals surface area contributed by atoms with E-state index in [0.29, 0.717) is 18.0 Å². The van der Waals surface area contributed by atoms with Gasteiger partial charge in [0.25, 0.3) is 5.91 Å². The Bertz CT molecular complexity index is 369. The lowest BCUT2D eigenvalue weighted by molar-refractivity contribution is 0.0949. The number of carbonyl (C=O) groups is 1. The van der Waals surface area contributed by atoms with Crippen LogP contribution in [0.3, 0.4) is 0 Å². The van der Waals surface area contributed by atoms with Crippen LogP contribution in [0.25, 0.3) is 0 Å². The fourth-order valence-corrected chi connectivity index (χ4v) is 1.20. The first-order valence-corrected chi connectivity index (χ1v) is 5.78. The molecule has 0 aliphatic carbocycles. The van der Waals surface area contributed by atoms with Crippen molar-refractivity contribution in [2.45, 2.75) is 6.92 Å². The minimum Gasteiger partial charge on any atom is -0.352 e. The standard InChI is InChI=1S/C10H13BrN2O2/c1-7(4-11)5-13-10(15)8-2-3-9(14)12-6-8/h2-3,6-7H,4-5H2,1H3,(H,12,14)(H,13,15). The second-order valence-corrected chi connectivity index (χ2v) is 4.06. The van der Waals surface area contributed by atoms with Gasteiger partial charge in [-0.2, -0.15) is 0 Å². The predicted molar refractivity (Wildman–Crippen MR) is 62.4 cm³/mol. The first-order chi connectivity index (χ1) is 7.13. The van der Waals surface area contributed by atoms with E-state index in [9.17, 15) is 9.59 Å². The summed E-state index contributed by atoms with van der Waals surface area (Å²) in [6.07, 6.45) is 1.41. The molecule has 1 rings (SSSR count). The average Bonchev–Trinajstić information content (AvgIpc) is 2.26. The number of H-pyrrole nitrogens is 1. The quantitative estimate of drug-likeness (QED) is 0.808. The van der Waals surface area contributed by atoms with Gasteiger partial charge in [-0.05, 0) is 12.0 Å². The van der Waals surface area contributed by atoms with Crippen molar-refractivity contribution in [3.63, 3.8) is 0 Å². The molecule has 1 heterocycles. The molecule has 0 fully saturated rings. The molecule has 2 N–H and O–H groups in total. The number of aromatic nitrogens is 1. The number of rotatable bonds is 4. The number of aromatic amines is 1. The maximum absolute atomic E-state index is 11.5. The van der Waals surface area contributed by atoms with Gasteiger partial charge in [0, 0.05) is 24.1 Å². The summed E-state index contributed by atoms with van der Waals surface area (Å²) in [6.45, 7) is 2.64. The minimum absolute atomic E-state index is 0.168. The fourth-order valence-electron chi connectivity index (χ4n) is 0.975. The molecule has 1 aromatic rings. The highest BCUT2D eigenvalue weighted by atomic mass is 79.9. The Hall–Kier alpha value is -1.10. The van der Waals surface area contributed by atoms with Crippen LogP contribution in [0.2, 0.25) is 0 Å². The van der Waals surface area contributed by atoms with Crippen LogP contribution in [-0.4, -0.2) is 22.8 Å². The zero-order valence-corrected chi connectivity index (χ0v) is 10.0. The van der Waals surface area contributed by atoms with E-state index >= 15 is 0 Å². The molecule has 0 saturated carbocycles. The Balaban J connectivity index is 2.54. The summed E-state index contributed by atoms with van der Waals surface area (Å²) < 4.78 is 0. The molecule has 15 heavy (non-hydrogen) atoms. The van der Waals surface area contributed by atoms with Crippen LogP contribution in [0.5, 0.6) is 0 Å². The number of pyridine rings is 1. The average molecular weight is 273 g/mol. The fraction of sp³-hybridized carbons (Fsp3) is 0.400. The van der Waals surface area contributed by atoms with Gasteiger partial charge in [-0.25, -0.2) is 0 Å². The Morgan fingerprint density at radius 3 is 2.87 bits per heavy atom. The highest BCUT2D eigenvalue weighted by molar-refractivity contribution is 9.09. The van der Waals surface area contributed by atoms with Gasteiger partial charge in [-0.1, -0.05) is 22.9 Å². The van der Waals surface area contributed by atoms with Gasteiger partial charge in [0.2, 0.25) is 5.56 Å². The maximum atomic E-state index is 11.5. The van der Waals surface area contributed by atoms with Gasteiger partial charge >= 0.3 is 0 Å². The lowest BCUT2D eigenvalue weighted by atomic mass is 10.2. The smallest absolute Gasteiger partial charge is 0.252 e. The summed E-state index contributed by atoms with van der Waals surface area (Å²) in [7, 11) is 0. The molecule has 0 aromatic carbocycles. The number of amides is 1. The van der Waals surface area contributed by atoms with E-state index in [1.54, 1.807) is 0 Å². The third-order valence-corrected chi connectivity index (χ3v) is 3.03. The zero-order chi connectivity index (χ0) is 11.3. The van der Waals surface area contributed by atoms with Crippen molar-refractivity contribution in [1.82, 2.24) is 10.3 Å². The molecule has 82 valence electrons. The number of alkyl halides is 1.